The molecule has 2 rings (SSSR count). The molecule has 0 atom stereocenters. The van der Waals surface area contributed by atoms with Crippen molar-refractivity contribution in [3.05, 3.63) is 34.3 Å². The van der Waals surface area contributed by atoms with Crippen LogP contribution in [0.5, 0.6) is 0 Å². The number of halogens is 4. The number of hydrogen-bond donors (Lipinski definition) is 1. The summed E-state index contributed by atoms with van der Waals surface area (Å²) in [5.41, 5.74) is -0.164. The summed E-state index contributed by atoms with van der Waals surface area (Å²) in [6.07, 6.45) is -4.23. The monoisotopic (exact) mass is 265 g/mol. The molecule has 0 aromatic heterocycles. The highest BCUT2D eigenvalue weighted by atomic mass is 35.5. The molecule has 1 heterocycles. The van der Waals surface area contributed by atoms with E-state index in [1.165, 1.54) is 6.07 Å². The molecule has 2 nitrogen and oxygen atoms in total. The Kier molecular flexibility index (Phi) is 3.61. The van der Waals surface area contributed by atoms with Crippen molar-refractivity contribution >= 4 is 11.6 Å². The van der Waals surface area contributed by atoms with Gasteiger partial charge in [-0.2, -0.15) is 13.2 Å². The van der Waals surface area contributed by atoms with E-state index in [2.05, 4.69) is 5.32 Å². The smallest absolute Gasteiger partial charge is 0.371 e. The second kappa shape index (κ2) is 4.84. The predicted octanol–water partition coefficient (Wildman–Crippen LogP) is 2.85. The fourth-order valence-corrected chi connectivity index (χ4v) is 1.66. The van der Waals surface area contributed by atoms with Gasteiger partial charge in [-0.05, 0) is 17.7 Å². The molecule has 1 aromatic carbocycles. The average Bonchev–Trinajstić information content (AvgIpc) is 2.16. The minimum absolute atomic E-state index is 0.0899. The van der Waals surface area contributed by atoms with Crippen molar-refractivity contribution in [1.82, 2.24) is 5.32 Å². The van der Waals surface area contributed by atoms with Crippen molar-refractivity contribution in [3.63, 3.8) is 0 Å². The maximum absolute atomic E-state index is 12.4. The van der Waals surface area contributed by atoms with Gasteiger partial charge in [0, 0.05) is 18.1 Å². The van der Waals surface area contributed by atoms with Crippen LogP contribution in [0.15, 0.2) is 18.2 Å². The van der Waals surface area contributed by atoms with E-state index < -0.39 is 11.7 Å². The lowest BCUT2D eigenvalue weighted by Gasteiger charge is -2.27. The summed E-state index contributed by atoms with van der Waals surface area (Å²) in [4.78, 5) is 0. The third kappa shape index (κ3) is 3.12. The first-order chi connectivity index (χ1) is 7.97. The number of ether oxygens (including phenoxy) is 1. The first-order valence-corrected chi connectivity index (χ1v) is 5.52. The molecule has 0 radical (unpaired) electrons. The normalized spacial score (nSPS) is 16.9. The second-order valence-corrected chi connectivity index (χ2v) is 4.30. The zero-order valence-corrected chi connectivity index (χ0v) is 9.61. The Balaban J connectivity index is 2.03. The second-order valence-electron chi connectivity index (χ2n) is 3.90. The van der Waals surface area contributed by atoms with Crippen LogP contribution < -0.4 is 5.32 Å². The number of benzene rings is 1. The Bertz CT molecular complexity index is 404. The van der Waals surface area contributed by atoms with Gasteiger partial charge in [0.15, 0.2) is 0 Å². The number of rotatable bonds is 3. The molecule has 0 bridgehead atoms. The van der Waals surface area contributed by atoms with Gasteiger partial charge in [-0.3, -0.25) is 0 Å². The van der Waals surface area contributed by atoms with E-state index in [1.807, 2.05) is 0 Å². The molecule has 0 spiro atoms. The van der Waals surface area contributed by atoms with E-state index in [4.69, 9.17) is 16.3 Å². The van der Waals surface area contributed by atoms with Crippen LogP contribution in [0.3, 0.4) is 0 Å². The molecule has 1 aliphatic heterocycles. The zero-order valence-electron chi connectivity index (χ0n) is 8.85. The van der Waals surface area contributed by atoms with Crippen molar-refractivity contribution in [2.24, 2.45) is 0 Å². The lowest BCUT2D eigenvalue weighted by Crippen LogP contribution is -2.48. The summed E-state index contributed by atoms with van der Waals surface area (Å²) in [6, 6.07) is 3.31. The molecule has 94 valence electrons. The van der Waals surface area contributed by atoms with Crippen molar-refractivity contribution in [3.8, 4) is 0 Å². The Morgan fingerprint density at radius 3 is 2.53 bits per heavy atom. The number of nitrogens with one attached hydrogen (secondary N) is 1. The molecule has 17 heavy (non-hydrogen) atoms. The summed E-state index contributed by atoms with van der Waals surface area (Å²) in [5, 5.41) is 3.12. The maximum Gasteiger partial charge on any atom is 0.416 e. The molecular formula is C11H11ClF3NO. The van der Waals surface area contributed by atoms with Gasteiger partial charge in [0.1, 0.15) is 0 Å². The number of alkyl halides is 3. The molecular weight excluding hydrogens is 255 g/mol. The Morgan fingerprint density at radius 2 is 2.06 bits per heavy atom. The summed E-state index contributed by atoms with van der Waals surface area (Å²) in [6.45, 7) is 1.79. The van der Waals surface area contributed by atoms with Crippen LogP contribution in [0.25, 0.3) is 0 Å². The van der Waals surface area contributed by atoms with Crippen LogP contribution in [0, 0.1) is 0 Å². The fourth-order valence-electron chi connectivity index (χ4n) is 1.43. The molecule has 0 unspecified atom stereocenters. The van der Waals surface area contributed by atoms with E-state index in [9.17, 15) is 13.2 Å². The SMILES string of the molecule is FC(F)(F)c1ccc(COC2CNC2)c(Cl)c1. The molecule has 1 N–H and O–H groups in total. The largest absolute Gasteiger partial charge is 0.416 e. The molecule has 0 aliphatic carbocycles. The number of hydrogen-bond acceptors (Lipinski definition) is 2. The van der Waals surface area contributed by atoms with Gasteiger partial charge in [0.2, 0.25) is 0 Å². The standard InChI is InChI=1S/C11H11ClF3NO/c12-10-3-8(11(13,14)15)2-1-7(10)6-17-9-4-16-5-9/h1-3,9,16H,4-6H2. The lowest BCUT2D eigenvalue weighted by molar-refractivity contribution is -0.137. The molecule has 1 aliphatic rings. The summed E-state index contributed by atoms with van der Waals surface area (Å²) in [5.74, 6) is 0. The van der Waals surface area contributed by atoms with Crippen LogP contribution in [0.4, 0.5) is 13.2 Å². The van der Waals surface area contributed by atoms with Gasteiger partial charge in [-0.1, -0.05) is 17.7 Å². The Hall–Kier alpha value is -0.780. The molecule has 1 aromatic rings. The maximum atomic E-state index is 12.4. The highest BCUT2D eigenvalue weighted by Crippen LogP contribution is 2.32. The summed E-state index contributed by atoms with van der Waals surface area (Å²) < 4.78 is 42.6. The third-order valence-electron chi connectivity index (χ3n) is 2.60. The molecule has 0 saturated carbocycles. The minimum atomic E-state index is -4.36. The molecule has 1 saturated heterocycles. The topological polar surface area (TPSA) is 21.3 Å². The van der Waals surface area contributed by atoms with Crippen LogP contribution in [-0.2, 0) is 17.5 Å². The van der Waals surface area contributed by atoms with Crippen molar-refractivity contribution in [2.45, 2.75) is 18.9 Å². The fraction of sp³-hybridized carbons (Fsp3) is 0.455. The van der Waals surface area contributed by atoms with E-state index in [-0.39, 0.29) is 17.7 Å². The molecule has 6 heteroatoms. The van der Waals surface area contributed by atoms with Crippen LogP contribution in [0.2, 0.25) is 5.02 Å². The van der Waals surface area contributed by atoms with Crippen molar-refractivity contribution in [1.29, 1.82) is 0 Å². The highest BCUT2D eigenvalue weighted by Gasteiger charge is 2.30. The van der Waals surface area contributed by atoms with Gasteiger partial charge < -0.3 is 10.1 Å². The van der Waals surface area contributed by atoms with Crippen LogP contribution in [-0.4, -0.2) is 19.2 Å². The lowest BCUT2D eigenvalue weighted by atomic mass is 10.1. The van der Waals surface area contributed by atoms with Gasteiger partial charge in [0.25, 0.3) is 0 Å². The molecule has 1 fully saturated rings. The van der Waals surface area contributed by atoms with Crippen LogP contribution in [0.1, 0.15) is 11.1 Å². The zero-order chi connectivity index (χ0) is 12.5. The Labute approximate surface area is 102 Å². The van der Waals surface area contributed by atoms with Gasteiger partial charge >= 0.3 is 6.18 Å². The van der Waals surface area contributed by atoms with Crippen molar-refractivity contribution in [2.75, 3.05) is 13.1 Å². The summed E-state index contributed by atoms with van der Waals surface area (Å²) in [7, 11) is 0. The predicted molar refractivity (Wildman–Crippen MR) is 57.9 cm³/mol. The molecule has 0 amide bonds. The first kappa shape index (κ1) is 12.7. The van der Waals surface area contributed by atoms with Gasteiger partial charge in [-0.25, -0.2) is 0 Å². The first-order valence-electron chi connectivity index (χ1n) is 5.15. The van der Waals surface area contributed by atoms with Crippen molar-refractivity contribution < 1.29 is 17.9 Å². The quantitative estimate of drug-likeness (QED) is 0.907. The third-order valence-corrected chi connectivity index (χ3v) is 2.95. The van der Waals surface area contributed by atoms with Gasteiger partial charge in [-0.15, -0.1) is 0 Å². The van der Waals surface area contributed by atoms with Gasteiger partial charge in [0.05, 0.1) is 18.3 Å². The summed E-state index contributed by atoms with van der Waals surface area (Å²) >= 11 is 5.78. The van der Waals surface area contributed by atoms with E-state index in [1.54, 1.807) is 0 Å². The average molecular weight is 266 g/mol. The highest BCUT2D eigenvalue weighted by molar-refractivity contribution is 6.31. The van der Waals surface area contributed by atoms with E-state index in [0.29, 0.717) is 5.56 Å². The van der Waals surface area contributed by atoms with E-state index >= 15 is 0 Å². The Morgan fingerprint density at radius 1 is 1.35 bits per heavy atom. The van der Waals surface area contributed by atoms with E-state index in [0.717, 1.165) is 25.2 Å². The van der Waals surface area contributed by atoms with Crippen LogP contribution >= 0.6 is 11.6 Å². The minimum Gasteiger partial charge on any atom is -0.371 e.